The van der Waals surface area contributed by atoms with Crippen LogP contribution in [0, 0.1) is 0 Å². The zero-order valence-electron chi connectivity index (χ0n) is 15.5. The van der Waals surface area contributed by atoms with E-state index in [1.807, 2.05) is 26.0 Å². The van der Waals surface area contributed by atoms with Gasteiger partial charge in [0.2, 0.25) is 0 Å². The first-order valence-corrected chi connectivity index (χ1v) is 8.58. The van der Waals surface area contributed by atoms with Gasteiger partial charge in [-0.3, -0.25) is 5.32 Å². The molecule has 1 aliphatic rings. The van der Waals surface area contributed by atoms with E-state index in [0.717, 1.165) is 24.1 Å². The Hall–Kier alpha value is -3.03. The van der Waals surface area contributed by atoms with Gasteiger partial charge in [-0.15, -0.1) is 0 Å². The van der Waals surface area contributed by atoms with Crippen LogP contribution in [0.4, 0.5) is 16.3 Å². The molecule has 0 radical (unpaired) electrons. The number of carbonyl (C=O) groups is 1. The van der Waals surface area contributed by atoms with Crippen LogP contribution in [0.2, 0.25) is 0 Å². The van der Waals surface area contributed by atoms with Crippen LogP contribution < -0.4 is 27.5 Å². The van der Waals surface area contributed by atoms with Crippen molar-refractivity contribution in [3.05, 3.63) is 35.2 Å². The number of hydrazone groups is 1. The van der Waals surface area contributed by atoms with Gasteiger partial charge in [-0.2, -0.15) is 5.10 Å². The number of hydrogen-bond acceptors (Lipinski definition) is 6. The second-order valence-electron chi connectivity index (χ2n) is 6.77. The minimum atomic E-state index is -0.276. The third-order valence-corrected chi connectivity index (χ3v) is 4.04. The standard InChI is InChI=1S/C18H27N7O/c1-4-7-18(2,3)25-17(26)24-16-6-5-14-15(23-16)8-12(10-21-14)13(9-19)11-22-20/h5-6,8-9,11,21H,4,7,10,19-20H2,1-3H3,(H2,23,24,25,26). The molecule has 8 nitrogen and oxygen atoms in total. The van der Waals surface area contributed by atoms with Gasteiger partial charge in [0.1, 0.15) is 5.82 Å². The highest BCUT2D eigenvalue weighted by Crippen LogP contribution is 2.26. The van der Waals surface area contributed by atoms with Crippen LogP contribution in [-0.4, -0.2) is 29.3 Å². The predicted molar refractivity (Wildman–Crippen MR) is 107 cm³/mol. The van der Waals surface area contributed by atoms with Crippen LogP contribution >= 0.6 is 0 Å². The molecule has 0 saturated carbocycles. The summed E-state index contributed by atoms with van der Waals surface area (Å²) in [6.07, 6.45) is 6.72. The first kappa shape index (κ1) is 19.3. The summed E-state index contributed by atoms with van der Waals surface area (Å²) in [5.74, 6) is 5.68. The summed E-state index contributed by atoms with van der Waals surface area (Å²) in [6.45, 7) is 6.66. The summed E-state index contributed by atoms with van der Waals surface area (Å²) in [5.41, 5.74) is 8.57. The number of pyridine rings is 1. The normalized spacial score (nSPS) is 14.4. The van der Waals surface area contributed by atoms with Crippen molar-refractivity contribution >= 4 is 29.8 Å². The molecule has 140 valence electrons. The molecular formula is C18H27N7O. The van der Waals surface area contributed by atoms with E-state index in [1.165, 1.54) is 12.4 Å². The van der Waals surface area contributed by atoms with E-state index in [9.17, 15) is 4.79 Å². The number of fused-ring (bicyclic) bond motifs is 1. The summed E-state index contributed by atoms with van der Waals surface area (Å²) >= 11 is 0. The van der Waals surface area contributed by atoms with Gasteiger partial charge < -0.3 is 22.2 Å². The molecule has 2 amide bonds. The molecule has 8 heteroatoms. The zero-order chi connectivity index (χ0) is 19.2. The number of amides is 2. The van der Waals surface area contributed by atoms with E-state index in [1.54, 1.807) is 6.07 Å². The quantitative estimate of drug-likeness (QED) is 0.303. The molecule has 0 bridgehead atoms. The molecule has 0 aliphatic carbocycles. The van der Waals surface area contributed by atoms with E-state index in [4.69, 9.17) is 11.6 Å². The number of rotatable bonds is 6. The topological polar surface area (TPSA) is 130 Å². The van der Waals surface area contributed by atoms with Crippen molar-refractivity contribution in [2.45, 2.75) is 39.2 Å². The number of urea groups is 1. The maximum atomic E-state index is 12.2. The fraction of sp³-hybridized carbons (Fsp3) is 0.389. The fourth-order valence-electron chi connectivity index (χ4n) is 2.85. The van der Waals surface area contributed by atoms with Crippen LogP contribution in [0.25, 0.3) is 6.08 Å². The van der Waals surface area contributed by atoms with Crippen LogP contribution in [0.15, 0.2) is 34.6 Å². The lowest BCUT2D eigenvalue weighted by molar-refractivity contribution is 0.239. The lowest BCUT2D eigenvalue weighted by atomic mass is 9.99. The number of nitrogens with one attached hydrogen (secondary N) is 3. The first-order chi connectivity index (χ1) is 12.4. The third-order valence-electron chi connectivity index (χ3n) is 4.04. The van der Waals surface area contributed by atoms with E-state index >= 15 is 0 Å². The van der Waals surface area contributed by atoms with Crippen LogP contribution in [0.5, 0.6) is 0 Å². The van der Waals surface area contributed by atoms with Crippen molar-refractivity contribution in [2.75, 3.05) is 17.2 Å². The summed E-state index contributed by atoms with van der Waals surface area (Å²) in [4.78, 5) is 16.7. The molecule has 1 aliphatic heterocycles. The van der Waals surface area contributed by atoms with Crippen LogP contribution in [-0.2, 0) is 0 Å². The summed E-state index contributed by atoms with van der Waals surface area (Å²) in [6, 6.07) is 3.37. The summed E-state index contributed by atoms with van der Waals surface area (Å²) in [5, 5.41) is 12.5. The Bertz CT molecular complexity index is 750. The number of hydrogen-bond donors (Lipinski definition) is 5. The van der Waals surface area contributed by atoms with Crippen LogP contribution in [0.3, 0.4) is 0 Å². The minimum absolute atomic E-state index is 0.274. The van der Waals surface area contributed by atoms with Gasteiger partial charge in [0, 0.05) is 23.9 Å². The molecule has 0 fully saturated rings. The zero-order valence-corrected chi connectivity index (χ0v) is 15.5. The SMILES string of the molecule is CCCC(C)(C)NC(=O)Nc1ccc2c(n1)C=C(C(C=NN)=CN)CN2. The molecular weight excluding hydrogens is 330 g/mol. The second-order valence-corrected chi connectivity index (χ2v) is 6.77. The Labute approximate surface area is 153 Å². The molecule has 1 aromatic rings. The average molecular weight is 357 g/mol. The van der Waals surface area contributed by atoms with E-state index in [-0.39, 0.29) is 11.6 Å². The highest BCUT2D eigenvalue weighted by atomic mass is 16.2. The van der Waals surface area contributed by atoms with Crippen LogP contribution in [0.1, 0.15) is 39.3 Å². The molecule has 0 spiro atoms. The Kier molecular flexibility index (Phi) is 6.21. The molecule has 0 aromatic carbocycles. The van der Waals surface area contributed by atoms with E-state index in [0.29, 0.717) is 23.6 Å². The van der Waals surface area contributed by atoms with E-state index in [2.05, 4.69) is 33.0 Å². The third kappa shape index (κ3) is 4.98. The van der Waals surface area contributed by atoms with Crippen molar-refractivity contribution in [2.24, 2.45) is 16.7 Å². The largest absolute Gasteiger partial charge is 0.404 e. The van der Waals surface area contributed by atoms with Gasteiger partial charge in [0.25, 0.3) is 0 Å². The smallest absolute Gasteiger partial charge is 0.320 e. The Balaban J connectivity index is 2.16. The maximum Gasteiger partial charge on any atom is 0.320 e. The minimum Gasteiger partial charge on any atom is -0.404 e. The Morgan fingerprint density at radius 3 is 2.88 bits per heavy atom. The number of carbonyl (C=O) groups excluding carboxylic acids is 1. The van der Waals surface area contributed by atoms with Gasteiger partial charge in [0.05, 0.1) is 17.6 Å². The van der Waals surface area contributed by atoms with Crippen molar-refractivity contribution in [3.8, 4) is 0 Å². The van der Waals surface area contributed by atoms with Gasteiger partial charge in [-0.05, 0) is 44.1 Å². The lowest BCUT2D eigenvalue weighted by Crippen LogP contribution is -2.45. The van der Waals surface area contributed by atoms with Crippen molar-refractivity contribution < 1.29 is 4.79 Å². The monoisotopic (exact) mass is 357 g/mol. The molecule has 2 rings (SSSR count). The van der Waals surface area contributed by atoms with Gasteiger partial charge in [-0.25, -0.2) is 9.78 Å². The molecule has 0 saturated heterocycles. The molecule has 0 atom stereocenters. The number of aromatic nitrogens is 1. The Morgan fingerprint density at radius 2 is 2.23 bits per heavy atom. The van der Waals surface area contributed by atoms with Gasteiger partial charge in [0.15, 0.2) is 0 Å². The Morgan fingerprint density at radius 1 is 1.46 bits per heavy atom. The molecule has 0 unspecified atom stereocenters. The number of nitrogens with two attached hydrogens (primary N) is 2. The highest BCUT2D eigenvalue weighted by molar-refractivity contribution is 5.91. The van der Waals surface area contributed by atoms with E-state index < -0.39 is 0 Å². The molecule has 26 heavy (non-hydrogen) atoms. The van der Waals surface area contributed by atoms with Gasteiger partial charge >= 0.3 is 6.03 Å². The molecule has 2 heterocycles. The molecule has 1 aromatic heterocycles. The fourth-order valence-corrected chi connectivity index (χ4v) is 2.85. The number of anilines is 2. The lowest BCUT2D eigenvalue weighted by Gasteiger charge is -2.26. The van der Waals surface area contributed by atoms with Crippen molar-refractivity contribution in [1.82, 2.24) is 10.3 Å². The summed E-state index contributed by atoms with van der Waals surface area (Å²) in [7, 11) is 0. The van der Waals surface area contributed by atoms with Gasteiger partial charge in [-0.1, -0.05) is 13.3 Å². The highest BCUT2D eigenvalue weighted by Gasteiger charge is 2.20. The summed E-state index contributed by atoms with van der Waals surface area (Å²) < 4.78 is 0. The maximum absolute atomic E-state index is 12.2. The second kappa shape index (κ2) is 8.37. The van der Waals surface area contributed by atoms with Crippen molar-refractivity contribution in [1.29, 1.82) is 0 Å². The molecule has 7 N–H and O–H groups in total. The van der Waals surface area contributed by atoms with Crippen molar-refractivity contribution in [3.63, 3.8) is 0 Å². The first-order valence-electron chi connectivity index (χ1n) is 8.58. The average Bonchev–Trinajstić information content (AvgIpc) is 2.58. The number of nitrogens with zero attached hydrogens (tertiary/aromatic N) is 2. The predicted octanol–water partition coefficient (Wildman–Crippen LogP) is 2.38.